The normalized spacial score (nSPS) is 14.5. The first-order chi connectivity index (χ1) is 17.1. The molecule has 4 aromatic rings. The number of carbonyl (C=O) groups excluding carboxylic acids is 1. The number of benzene rings is 2. The minimum Gasteiger partial charge on any atom is -0.368 e. The number of alkyl halides is 3. The van der Waals surface area contributed by atoms with Crippen LogP contribution in [0, 0.1) is 12.7 Å². The first-order valence-corrected chi connectivity index (χ1v) is 11.5. The summed E-state index contributed by atoms with van der Waals surface area (Å²) in [5.74, 6) is -0.916. The maximum absolute atomic E-state index is 13.9. The summed E-state index contributed by atoms with van der Waals surface area (Å²) in [6.07, 6.45) is -4.75. The minimum atomic E-state index is -4.75. The number of hydrogen-bond acceptors (Lipinski definition) is 4. The topological polar surface area (TPSA) is 53.7 Å². The Morgan fingerprint density at radius 3 is 2.22 bits per heavy atom. The summed E-state index contributed by atoms with van der Waals surface area (Å²) >= 11 is 6.41. The van der Waals surface area contributed by atoms with Crippen LogP contribution in [0.2, 0.25) is 5.02 Å². The summed E-state index contributed by atoms with van der Waals surface area (Å²) < 4.78 is 55.6. The van der Waals surface area contributed by atoms with Gasteiger partial charge in [-0.1, -0.05) is 41.4 Å². The van der Waals surface area contributed by atoms with Gasteiger partial charge in [-0.15, -0.1) is 0 Å². The van der Waals surface area contributed by atoms with Gasteiger partial charge in [-0.05, 0) is 37.3 Å². The van der Waals surface area contributed by atoms with Crippen LogP contribution in [0.15, 0.2) is 54.6 Å². The number of rotatable bonds is 3. The monoisotopic (exact) mass is 517 g/mol. The standard InChI is InChI=1S/C25H20ClF4N5O/c1-15-2-4-16(5-3-15)19-14-20(25(28,29)30)35-23(31-19)21(26)22(32-35)24(36)34-12-10-33(11-13-34)18-8-6-17(27)7-9-18/h2-9,14H,10-13H2,1H3. The summed E-state index contributed by atoms with van der Waals surface area (Å²) in [5, 5.41) is 3.71. The van der Waals surface area contributed by atoms with E-state index in [1.54, 1.807) is 36.4 Å². The van der Waals surface area contributed by atoms with Gasteiger partial charge in [-0.25, -0.2) is 13.9 Å². The van der Waals surface area contributed by atoms with Crippen molar-refractivity contribution in [2.75, 3.05) is 31.1 Å². The molecule has 1 aliphatic rings. The molecule has 0 spiro atoms. The van der Waals surface area contributed by atoms with Crippen LogP contribution in [0.25, 0.3) is 16.9 Å². The van der Waals surface area contributed by atoms with E-state index >= 15 is 0 Å². The van der Waals surface area contributed by atoms with Crippen molar-refractivity contribution < 1.29 is 22.4 Å². The SMILES string of the molecule is Cc1ccc(-c2cc(C(F)(F)F)n3nc(C(=O)N4CCN(c5ccc(F)cc5)CC4)c(Cl)c3n2)cc1. The number of anilines is 1. The van der Waals surface area contributed by atoms with Gasteiger partial charge in [0.25, 0.3) is 5.91 Å². The summed E-state index contributed by atoms with van der Waals surface area (Å²) in [6, 6.07) is 13.8. The molecule has 0 bridgehead atoms. The molecule has 11 heteroatoms. The van der Waals surface area contributed by atoms with E-state index in [0.29, 0.717) is 36.3 Å². The van der Waals surface area contributed by atoms with Gasteiger partial charge in [-0.3, -0.25) is 4.79 Å². The zero-order chi connectivity index (χ0) is 25.6. The van der Waals surface area contributed by atoms with Crippen LogP contribution in [0.5, 0.6) is 0 Å². The maximum Gasteiger partial charge on any atom is 0.433 e. The van der Waals surface area contributed by atoms with Gasteiger partial charge in [0.05, 0.1) is 5.69 Å². The molecule has 0 radical (unpaired) electrons. The molecule has 36 heavy (non-hydrogen) atoms. The number of carbonyl (C=O) groups is 1. The van der Waals surface area contributed by atoms with Gasteiger partial charge in [0.2, 0.25) is 0 Å². The van der Waals surface area contributed by atoms with Crippen molar-refractivity contribution in [3.63, 3.8) is 0 Å². The molecule has 1 aliphatic heterocycles. The van der Waals surface area contributed by atoms with Crippen molar-refractivity contribution in [1.29, 1.82) is 0 Å². The molecular formula is C25H20ClF4N5O. The largest absolute Gasteiger partial charge is 0.433 e. The van der Waals surface area contributed by atoms with Crippen LogP contribution in [0.1, 0.15) is 21.7 Å². The molecule has 6 nitrogen and oxygen atoms in total. The van der Waals surface area contributed by atoms with Crippen molar-refractivity contribution in [2.24, 2.45) is 0 Å². The van der Waals surface area contributed by atoms with Crippen LogP contribution in [0.4, 0.5) is 23.2 Å². The van der Waals surface area contributed by atoms with Crippen molar-refractivity contribution in [3.05, 3.63) is 82.4 Å². The molecular weight excluding hydrogens is 498 g/mol. The van der Waals surface area contributed by atoms with Gasteiger partial charge in [0.15, 0.2) is 17.0 Å². The third-order valence-corrected chi connectivity index (χ3v) is 6.48. The van der Waals surface area contributed by atoms with E-state index in [9.17, 15) is 22.4 Å². The lowest BCUT2D eigenvalue weighted by atomic mass is 10.1. The van der Waals surface area contributed by atoms with Crippen LogP contribution in [-0.4, -0.2) is 51.6 Å². The number of nitrogens with zero attached hydrogens (tertiary/aromatic N) is 5. The second-order valence-corrected chi connectivity index (χ2v) is 8.92. The predicted molar refractivity (Wildman–Crippen MR) is 128 cm³/mol. The number of aryl methyl sites for hydroxylation is 1. The summed E-state index contributed by atoms with van der Waals surface area (Å²) in [7, 11) is 0. The number of aromatic nitrogens is 3. The average Bonchev–Trinajstić information content (AvgIpc) is 3.19. The minimum absolute atomic E-state index is 0.0727. The summed E-state index contributed by atoms with van der Waals surface area (Å²) in [4.78, 5) is 21.0. The van der Waals surface area contributed by atoms with E-state index in [2.05, 4.69) is 10.1 Å². The van der Waals surface area contributed by atoms with E-state index < -0.39 is 17.8 Å². The van der Waals surface area contributed by atoms with Gasteiger partial charge in [0, 0.05) is 37.4 Å². The highest BCUT2D eigenvalue weighted by molar-refractivity contribution is 6.36. The van der Waals surface area contributed by atoms with Crippen molar-refractivity contribution >= 4 is 28.8 Å². The maximum atomic E-state index is 13.9. The Labute approximate surface area is 208 Å². The molecule has 186 valence electrons. The Hall–Kier alpha value is -3.66. The lowest BCUT2D eigenvalue weighted by Gasteiger charge is -2.35. The van der Waals surface area contributed by atoms with Crippen LogP contribution in [-0.2, 0) is 6.18 Å². The van der Waals surface area contributed by atoms with Gasteiger partial charge >= 0.3 is 6.18 Å². The third-order valence-electron chi connectivity index (χ3n) is 6.13. The molecule has 0 aliphatic carbocycles. The first-order valence-electron chi connectivity index (χ1n) is 11.1. The highest BCUT2D eigenvalue weighted by Gasteiger charge is 2.37. The number of fused-ring (bicyclic) bond motifs is 1. The molecule has 5 rings (SSSR count). The Morgan fingerprint density at radius 1 is 0.972 bits per heavy atom. The molecule has 0 unspecified atom stereocenters. The molecule has 1 amide bonds. The molecule has 1 fully saturated rings. The molecule has 1 saturated heterocycles. The predicted octanol–water partition coefficient (Wildman–Crippen LogP) is 5.48. The molecule has 3 heterocycles. The fraction of sp³-hybridized carbons (Fsp3) is 0.240. The second kappa shape index (κ2) is 9.09. The van der Waals surface area contributed by atoms with Crippen molar-refractivity contribution in [3.8, 4) is 11.3 Å². The highest BCUT2D eigenvalue weighted by Crippen LogP contribution is 2.35. The molecule has 0 saturated carbocycles. The van der Waals surface area contributed by atoms with Crippen molar-refractivity contribution in [1.82, 2.24) is 19.5 Å². The van der Waals surface area contributed by atoms with Crippen LogP contribution in [0.3, 0.4) is 0 Å². The van der Waals surface area contributed by atoms with Gasteiger partial charge in [0.1, 0.15) is 10.8 Å². The smallest absolute Gasteiger partial charge is 0.368 e. The zero-order valence-corrected chi connectivity index (χ0v) is 19.8. The quantitative estimate of drug-likeness (QED) is 0.338. The summed E-state index contributed by atoms with van der Waals surface area (Å²) in [6.45, 7) is 3.40. The van der Waals surface area contributed by atoms with Crippen LogP contribution < -0.4 is 4.90 Å². The Balaban J connectivity index is 1.46. The van der Waals surface area contributed by atoms with E-state index in [1.165, 1.54) is 17.0 Å². The van der Waals surface area contributed by atoms with E-state index in [1.807, 2.05) is 11.8 Å². The molecule has 0 atom stereocenters. The summed E-state index contributed by atoms with van der Waals surface area (Å²) in [5.41, 5.74) is 0.716. The molecule has 2 aromatic heterocycles. The first kappa shape index (κ1) is 24.1. The van der Waals surface area contributed by atoms with Gasteiger partial charge < -0.3 is 9.80 Å². The van der Waals surface area contributed by atoms with Crippen molar-refractivity contribution in [2.45, 2.75) is 13.1 Å². The third kappa shape index (κ3) is 4.48. The zero-order valence-electron chi connectivity index (χ0n) is 19.1. The van der Waals surface area contributed by atoms with Gasteiger partial charge in [-0.2, -0.15) is 18.3 Å². The number of amides is 1. The number of halogens is 5. The van der Waals surface area contributed by atoms with Crippen LogP contribution >= 0.6 is 11.6 Å². The Morgan fingerprint density at radius 2 is 1.61 bits per heavy atom. The second-order valence-electron chi connectivity index (χ2n) is 8.54. The molecule has 0 N–H and O–H groups in total. The van der Waals surface area contributed by atoms with E-state index in [-0.39, 0.29) is 27.9 Å². The Bertz CT molecular complexity index is 1430. The lowest BCUT2D eigenvalue weighted by molar-refractivity contribution is -0.142. The number of piperazine rings is 1. The van der Waals surface area contributed by atoms with E-state index in [4.69, 9.17) is 11.6 Å². The lowest BCUT2D eigenvalue weighted by Crippen LogP contribution is -2.49. The number of hydrogen-bond donors (Lipinski definition) is 0. The highest BCUT2D eigenvalue weighted by atomic mass is 35.5. The average molecular weight is 518 g/mol. The Kier molecular flexibility index (Phi) is 6.07. The fourth-order valence-electron chi connectivity index (χ4n) is 4.17. The molecule has 2 aromatic carbocycles. The van der Waals surface area contributed by atoms with E-state index in [0.717, 1.165) is 17.3 Å². The fourth-order valence-corrected chi connectivity index (χ4v) is 4.41.